The molecular formula is C34H40O7. The zero-order valence-electron chi connectivity index (χ0n) is 24.2. The third kappa shape index (κ3) is 4.57. The third-order valence-corrected chi connectivity index (χ3v) is 11.0. The van der Waals surface area contributed by atoms with Crippen LogP contribution in [-0.2, 0) is 23.7 Å². The zero-order valence-corrected chi connectivity index (χ0v) is 24.2. The summed E-state index contributed by atoms with van der Waals surface area (Å²) >= 11 is 0. The maximum absolute atomic E-state index is 13.3. The summed E-state index contributed by atoms with van der Waals surface area (Å²) in [7, 11) is 0. The first kappa shape index (κ1) is 28.0. The van der Waals surface area contributed by atoms with Crippen molar-refractivity contribution < 1.29 is 33.3 Å². The summed E-state index contributed by atoms with van der Waals surface area (Å²) < 4.78 is 24.6. The lowest BCUT2D eigenvalue weighted by molar-refractivity contribution is -0.242. The lowest BCUT2D eigenvalue weighted by atomic mass is 9.43. The molecule has 7 unspecified atom stereocenters. The third-order valence-electron chi connectivity index (χ3n) is 11.0. The highest BCUT2D eigenvalue weighted by Crippen LogP contribution is 2.69. The van der Waals surface area contributed by atoms with E-state index in [9.17, 15) is 14.4 Å². The summed E-state index contributed by atoms with van der Waals surface area (Å²) in [4.78, 5) is 38.6. The molecule has 218 valence electrons. The quantitative estimate of drug-likeness (QED) is 0.327. The molecule has 0 amide bonds. The summed E-state index contributed by atoms with van der Waals surface area (Å²) in [5, 5.41) is 0. The summed E-state index contributed by atoms with van der Waals surface area (Å²) in [5.41, 5.74) is -0.649. The second kappa shape index (κ2) is 10.3. The minimum Gasteiger partial charge on any atom is -0.465 e. The maximum atomic E-state index is 13.3. The first-order valence-corrected chi connectivity index (χ1v) is 14.9. The number of hydrogen-bond acceptors (Lipinski definition) is 7. The van der Waals surface area contributed by atoms with Gasteiger partial charge in [-0.2, -0.15) is 0 Å². The number of carbonyl (C=O) groups is 3. The van der Waals surface area contributed by atoms with E-state index in [1.807, 2.05) is 36.4 Å². The molecule has 4 aliphatic rings. The fourth-order valence-electron chi connectivity index (χ4n) is 8.76. The van der Waals surface area contributed by atoms with Gasteiger partial charge in [-0.15, -0.1) is 0 Å². The minimum absolute atomic E-state index is 0.0604. The van der Waals surface area contributed by atoms with Crippen molar-refractivity contribution in [1.29, 1.82) is 0 Å². The van der Waals surface area contributed by atoms with Crippen molar-refractivity contribution in [2.45, 2.75) is 71.0 Å². The molecule has 6 rings (SSSR count). The number of fused-ring (bicyclic) bond motifs is 2. The van der Waals surface area contributed by atoms with E-state index in [-0.39, 0.29) is 41.3 Å². The topological polar surface area (TPSA) is 88.1 Å². The predicted octanol–water partition coefficient (Wildman–Crippen LogP) is 6.01. The Morgan fingerprint density at radius 3 is 2.20 bits per heavy atom. The smallest absolute Gasteiger partial charge is 0.338 e. The molecule has 7 nitrogen and oxygen atoms in total. The van der Waals surface area contributed by atoms with Crippen LogP contribution in [0.4, 0.5) is 0 Å². The molecular weight excluding hydrogens is 520 g/mol. The number of rotatable bonds is 5. The van der Waals surface area contributed by atoms with Crippen LogP contribution in [0.3, 0.4) is 0 Å². The predicted molar refractivity (Wildman–Crippen MR) is 151 cm³/mol. The Morgan fingerprint density at radius 2 is 1.56 bits per heavy atom. The molecule has 0 aromatic heterocycles. The van der Waals surface area contributed by atoms with Gasteiger partial charge in [-0.05, 0) is 68.2 Å². The largest absolute Gasteiger partial charge is 0.465 e. The van der Waals surface area contributed by atoms with E-state index in [1.54, 1.807) is 24.3 Å². The van der Waals surface area contributed by atoms with Crippen molar-refractivity contribution in [2.24, 2.45) is 28.1 Å². The fraction of sp³-hybridized carbons (Fsp3) is 0.559. The van der Waals surface area contributed by atoms with Crippen LogP contribution in [-0.4, -0.2) is 49.4 Å². The molecule has 0 N–H and O–H groups in total. The van der Waals surface area contributed by atoms with Crippen molar-refractivity contribution in [3.8, 4) is 0 Å². The van der Waals surface area contributed by atoms with Crippen LogP contribution >= 0.6 is 0 Å². The molecule has 41 heavy (non-hydrogen) atoms. The van der Waals surface area contributed by atoms with Crippen LogP contribution < -0.4 is 0 Å². The number of hydrogen-bond donors (Lipinski definition) is 0. The van der Waals surface area contributed by atoms with Crippen molar-refractivity contribution in [3.05, 3.63) is 71.8 Å². The summed E-state index contributed by atoms with van der Waals surface area (Å²) in [6.45, 7) is 7.75. The Kier molecular flexibility index (Phi) is 7.00. The Balaban J connectivity index is 1.33. The Labute approximate surface area is 241 Å². The van der Waals surface area contributed by atoms with E-state index in [0.717, 1.165) is 25.7 Å². The van der Waals surface area contributed by atoms with Crippen LogP contribution in [0.5, 0.6) is 0 Å². The van der Waals surface area contributed by atoms with Gasteiger partial charge in [-0.25, -0.2) is 9.59 Å². The van der Waals surface area contributed by atoms with Crippen LogP contribution in [0, 0.1) is 28.1 Å². The van der Waals surface area contributed by atoms with Crippen LogP contribution in [0.25, 0.3) is 0 Å². The molecule has 2 saturated carbocycles. The number of esters is 3. The number of benzene rings is 2. The van der Waals surface area contributed by atoms with E-state index in [4.69, 9.17) is 18.9 Å². The highest BCUT2D eigenvalue weighted by atomic mass is 16.6. The molecule has 4 fully saturated rings. The van der Waals surface area contributed by atoms with Crippen LogP contribution in [0.1, 0.15) is 80.0 Å². The molecule has 2 aromatic carbocycles. The SMILES string of the molecule is CC1CCC2C(C)(COC(=O)c3ccccc3)C(OC(=O)c3ccccc3)CCC2(C)C12CC1(COC(=O)C1)CO2. The monoisotopic (exact) mass is 560 g/mol. The van der Waals surface area contributed by atoms with Gasteiger partial charge >= 0.3 is 17.9 Å². The van der Waals surface area contributed by atoms with Gasteiger partial charge in [-0.3, -0.25) is 4.79 Å². The molecule has 2 saturated heterocycles. The summed E-state index contributed by atoms with van der Waals surface area (Å²) in [6, 6.07) is 18.0. The summed E-state index contributed by atoms with van der Waals surface area (Å²) in [5.74, 6) is -0.547. The van der Waals surface area contributed by atoms with Crippen LogP contribution in [0.2, 0.25) is 0 Å². The van der Waals surface area contributed by atoms with E-state index < -0.39 is 17.1 Å². The molecule has 2 spiro atoms. The van der Waals surface area contributed by atoms with Gasteiger partial charge in [0.15, 0.2) is 0 Å². The maximum Gasteiger partial charge on any atom is 0.338 e. The van der Waals surface area contributed by atoms with Crippen molar-refractivity contribution in [3.63, 3.8) is 0 Å². The second-order valence-corrected chi connectivity index (χ2v) is 13.4. The van der Waals surface area contributed by atoms with Crippen molar-refractivity contribution in [1.82, 2.24) is 0 Å². The van der Waals surface area contributed by atoms with Gasteiger partial charge in [0, 0.05) is 16.2 Å². The molecule has 0 bridgehead atoms. The number of cyclic esters (lactones) is 1. The van der Waals surface area contributed by atoms with Gasteiger partial charge in [0.05, 0.1) is 36.4 Å². The lowest BCUT2D eigenvalue weighted by Crippen LogP contribution is -2.66. The number of carbonyl (C=O) groups excluding carboxylic acids is 3. The second-order valence-electron chi connectivity index (χ2n) is 13.4. The Bertz CT molecular complexity index is 1310. The molecule has 7 heteroatoms. The van der Waals surface area contributed by atoms with Gasteiger partial charge in [-0.1, -0.05) is 57.2 Å². The molecule has 2 aliphatic carbocycles. The average Bonchev–Trinajstić information content (AvgIpc) is 3.55. The zero-order chi connectivity index (χ0) is 28.9. The Morgan fingerprint density at radius 1 is 0.902 bits per heavy atom. The van der Waals surface area contributed by atoms with Gasteiger partial charge in [0.1, 0.15) is 12.7 Å². The molecule has 2 aliphatic heterocycles. The molecule has 2 heterocycles. The molecule has 2 aromatic rings. The van der Waals surface area contributed by atoms with Crippen molar-refractivity contribution >= 4 is 17.9 Å². The molecule has 0 radical (unpaired) electrons. The summed E-state index contributed by atoms with van der Waals surface area (Å²) in [6.07, 6.45) is 4.01. The first-order valence-electron chi connectivity index (χ1n) is 14.9. The van der Waals surface area contributed by atoms with Crippen LogP contribution in [0.15, 0.2) is 60.7 Å². The van der Waals surface area contributed by atoms with Gasteiger partial charge in [0.2, 0.25) is 0 Å². The van der Waals surface area contributed by atoms with Gasteiger partial charge in [0.25, 0.3) is 0 Å². The minimum atomic E-state index is -0.643. The number of ether oxygens (including phenoxy) is 4. The fourth-order valence-corrected chi connectivity index (χ4v) is 8.76. The first-order chi connectivity index (χ1) is 19.6. The standard InChI is InChI=1S/C34H40O7/c1-23-14-15-26-31(2,20-39-29(36)24-10-6-4-7-11-24)27(41-30(37)25-12-8-5-9-13-25)16-17-32(26,3)34(23)19-33(22-40-34)18-28(35)38-21-33/h4-13,23,26-27H,14-22H2,1-3H3. The average molecular weight is 561 g/mol. The van der Waals surface area contributed by atoms with Gasteiger partial charge < -0.3 is 18.9 Å². The van der Waals surface area contributed by atoms with E-state index in [2.05, 4.69) is 20.8 Å². The highest BCUT2D eigenvalue weighted by molar-refractivity contribution is 5.90. The molecule has 7 atom stereocenters. The van der Waals surface area contributed by atoms with Crippen molar-refractivity contribution in [2.75, 3.05) is 19.8 Å². The van der Waals surface area contributed by atoms with E-state index in [1.165, 1.54) is 0 Å². The lowest BCUT2D eigenvalue weighted by Gasteiger charge is -2.65. The van der Waals surface area contributed by atoms with E-state index >= 15 is 0 Å². The highest BCUT2D eigenvalue weighted by Gasteiger charge is 2.70. The van der Waals surface area contributed by atoms with E-state index in [0.29, 0.717) is 43.1 Å². The normalized spacial score (nSPS) is 37.9. The Hall–Kier alpha value is -3.19.